The summed E-state index contributed by atoms with van der Waals surface area (Å²) in [5, 5.41) is 7.10. The summed E-state index contributed by atoms with van der Waals surface area (Å²) in [4.78, 5) is 14.4. The van der Waals surface area contributed by atoms with Crippen LogP contribution in [0.1, 0.15) is 26.0 Å². The number of hydrogen-bond acceptors (Lipinski definition) is 6. The number of allylic oxidation sites excluding steroid dienone is 1. The number of carbonyl (C=O) groups excluding carboxylic acids is 1. The molecule has 1 aliphatic carbocycles. The topological polar surface area (TPSA) is 68.6 Å². The van der Waals surface area contributed by atoms with Crippen LogP contribution in [0.25, 0.3) is 5.57 Å². The maximum atomic E-state index is 12.0. The van der Waals surface area contributed by atoms with Crippen molar-refractivity contribution >= 4 is 23.4 Å². The summed E-state index contributed by atoms with van der Waals surface area (Å²) in [7, 11) is 1.91. The van der Waals surface area contributed by atoms with Crippen molar-refractivity contribution in [3.63, 3.8) is 0 Å². The van der Waals surface area contributed by atoms with Crippen LogP contribution in [0.15, 0.2) is 30.1 Å². The van der Waals surface area contributed by atoms with E-state index in [0.717, 1.165) is 36.6 Å². The molecule has 0 saturated carbocycles. The maximum absolute atomic E-state index is 12.0. The molecule has 1 aliphatic heterocycles. The van der Waals surface area contributed by atoms with E-state index in [-0.39, 0.29) is 12.2 Å². The molecule has 0 aromatic carbocycles. The van der Waals surface area contributed by atoms with Gasteiger partial charge in [-0.05, 0) is 32.4 Å². The summed E-state index contributed by atoms with van der Waals surface area (Å²) in [6, 6.07) is 1.97. The fraction of sp³-hybridized carbons (Fsp3) is 0.600. The van der Waals surface area contributed by atoms with Gasteiger partial charge in [-0.2, -0.15) is 16.9 Å². The zero-order valence-electron chi connectivity index (χ0n) is 16.9. The highest BCUT2D eigenvalue weighted by Gasteiger charge is 2.24. The quantitative estimate of drug-likeness (QED) is 0.751. The van der Waals surface area contributed by atoms with Gasteiger partial charge >= 0.3 is 6.09 Å². The molecule has 154 valence electrons. The van der Waals surface area contributed by atoms with Gasteiger partial charge in [-0.25, -0.2) is 4.79 Å². The van der Waals surface area contributed by atoms with Gasteiger partial charge in [0.05, 0.1) is 24.5 Å². The van der Waals surface area contributed by atoms with Crippen molar-refractivity contribution in [1.29, 1.82) is 0 Å². The molecule has 0 bridgehead atoms. The van der Waals surface area contributed by atoms with Crippen molar-refractivity contribution in [2.75, 3.05) is 37.7 Å². The van der Waals surface area contributed by atoms with Gasteiger partial charge in [0, 0.05) is 55.7 Å². The number of nitrogens with one attached hydrogen (secondary N) is 1. The van der Waals surface area contributed by atoms with E-state index >= 15 is 0 Å². The summed E-state index contributed by atoms with van der Waals surface area (Å²) in [5.41, 5.74) is 2.75. The molecule has 8 heteroatoms. The molecule has 0 spiro atoms. The average Bonchev–Trinajstić information content (AvgIpc) is 3.08. The van der Waals surface area contributed by atoms with E-state index in [4.69, 9.17) is 9.47 Å². The van der Waals surface area contributed by atoms with Crippen molar-refractivity contribution < 1.29 is 14.3 Å². The maximum Gasteiger partial charge on any atom is 0.411 e. The normalized spacial score (nSPS) is 20.6. The van der Waals surface area contributed by atoms with Crippen LogP contribution in [0.4, 0.5) is 4.79 Å². The Labute approximate surface area is 171 Å². The first-order valence-corrected chi connectivity index (χ1v) is 11.0. The van der Waals surface area contributed by atoms with Crippen LogP contribution in [-0.2, 0) is 16.5 Å². The minimum atomic E-state index is -0.441. The molecule has 1 saturated heterocycles. The lowest BCUT2D eigenvalue weighted by atomic mass is 9.96. The molecule has 1 amide bonds. The Kier molecular flexibility index (Phi) is 7.58. The van der Waals surface area contributed by atoms with Gasteiger partial charge in [0.15, 0.2) is 0 Å². The van der Waals surface area contributed by atoms with Crippen molar-refractivity contribution in [2.45, 2.75) is 32.5 Å². The molecule has 2 aliphatic rings. The van der Waals surface area contributed by atoms with E-state index in [0.29, 0.717) is 13.0 Å². The van der Waals surface area contributed by atoms with Gasteiger partial charge in [0.1, 0.15) is 0 Å². The molecule has 3 rings (SSSR count). The molecule has 1 N–H and O–H groups in total. The lowest BCUT2D eigenvalue weighted by molar-refractivity contribution is 0.0723. The molecule has 7 nitrogen and oxygen atoms in total. The van der Waals surface area contributed by atoms with E-state index < -0.39 is 6.09 Å². The van der Waals surface area contributed by atoms with Crippen LogP contribution in [0.2, 0.25) is 0 Å². The third kappa shape index (κ3) is 5.86. The molecule has 1 atom stereocenters. The van der Waals surface area contributed by atoms with E-state index in [1.807, 2.05) is 55.6 Å². The minimum Gasteiger partial charge on any atom is -0.447 e. The van der Waals surface area contributed by atoms with Crippen molar-refractivity contribution in [2.24, 2.45) is 7.05 Å². The van der Waals surface area contributed by atoms with Gasteiger partial charge < -0.3 is 9.47 Å². The van der Waals surface area contributed by atoms with Crippen LogP contribution < -0.4 is 5.32 Å². The van der Waals surface area contributed by atoms with Crippen LogP contribution >= 0.6 is 11.8 Å². The Balaban J connectivity index is 1.64. The molecular formula is C20H30N4O3S. The summed E-state index contributed by atoms with van der Waals surface area (Å²) >= 11 is 2.02. The number of rotatable bonds is 7. The smallest absolute Gasteiger partial charge is 0.411 e. The number of carbonyl (C=O) groups is 1. The van der Waals surface area contributed by atoms with E-state index in [1.54, 1.807) is 6.20 Å². The van der Waals surface area contributed by atoms with Crippen molar-refractivity contribution in [1.82, 2.24) is 20.0 Å². The van der Waals surface area contributed by atoms with Crippen LogP contribution in [-0.4, -0.2) is 70.7 Å². The first-order valence-electron chi connectivity index (χ1n) is 9.82. The molecule has 28 heavy (non-hydrogen) atoms. The Morgan fingerprint density at radius 1 is 1.39 bits per heavy atom. The highest BCUT2D eigenvalue weighted by atomic mass is 32.2. The highest BCUT2D eigenvalue weighted by molar-refractivity contribution is 7.99. The number of nitrogens with zero attached hydrogens (tertiary/aromatic N) is 3. The fourth-order valence-electron chi connectivity index (χ4n) is 3.33. The van der Waals surface area contributed by atoms with Crippen LogP contribution in [0, 0.1) is 0 Å². The summed E-state index contributed by atoms with van der Waals surface area (Å²) < 4.78 is 13.3. The van der Waals surface area contributed by atoms with Gasteiger partial charge in [0.2, 0.25) is 0 Å². The Hall–Kier alpha value is -1.77. The van der Waals surface area contributed by atoms with Crippen LogP contribution in [0.3, 0.4) is 0 Å². The fourth-order valence-corrected chi connectivity index (χ4v) is 4.31. The van der Waals surface area contributed by atoms with Gasteiger partial charge in [-0.1, -0.05) is 6.08 Å². The number of hydrogen-bond donors (Lipinski definition) is 1. The first kappa shape index (κ1) is 21.0. The molecule has 1 fully saturated rings. The van der Waals surface area contributed by atoms with Crippen LogP contribution in [0.5, 0.6) is 0 Å². The summed E-state index contributed by atoms with van der Waals surface area (Å²) in [5.74, 6) is 2.40. The largest absolute Gasteiger partial charge is 0.447 e. The summed E-state index contributed by atoms with van der Waals surface area (Å²) in [6.07, 6.45) is 5.77. The number of amides is 1. The Bertz CT molecular complexity index is 723. The van der Waals surface area contributed by atoms with Crippen molar-refractivity contribution in [3.8, 4) is 0 Å². The second kappa shape index (κ2) is 10.1. The minimum absolute atomic E-state index is 0.0544. The number of aromatic nitrogens is 2. The van der Waals surface area contributed by atoms with E-state index in [2.05, 4.69) is 15.3 Å². The number of aryl methyl sites for hydroxylation is 1. The molecule has 1 aromatic heterocycles. The molecule has 2 heterocycles. The standard InChI is InChI=1S/C20H30N4O3S/c1-15(2)27-20(25)22-16-4-5-19(17(14-16)18-6-7-21-23(18)3)26-11-8-24-9-12-28-13-10-24/h4,6-7,14-15,19H,5,8-13H2,1-3H3,(H,22,25). The third-order valence-corrected chi connectivity index (χ3v) is 5.69. The second-order valence-corrected chi connectivity index (χ2v) is 8.45. The molecular weight excluding hydrogens is 376 g/mol. The molecule has 0 radical (unpaired) electrons. The predicted molar refractivity (Wildman–Crippen MR) is 112 cm³/mol. The second-order valence-electron chi connectivity index (χ2n) is 7.23. The zero-order chi connectivity index (χ0) is 19.9. The molecule has 1 aromatic rings. The van der Waals surface area contributed by atoms with Gasteiger partial charge in [-0.15, -0.1) is 0 Å². The van der Waals surface area contributed by atoms with Gasteiger partial charge in [-0.3, -0.25) is 14.9 Å². The highest BCUT2D eigenvalue weighted by Crippen LogP contribution is 2.28. The summed E-state index contributed by atoms with van der Waals surface area (Å²) in [6.45, 7) is 7.57. The molecule has 1 unspecified atom stereocenters. The van der Waals surface area contributed by atoms with E-state index in [1.165, 1.54) is 11.5 Å². The lowest BCUT2D eigenvalue weighted by Crippen LogP contribution is -2.36. The first-order chi connectivity index (χ1) is 13.5. The third-order valence-electron chi connectivity index (χ3n) is 4.75. The number of thioether (sulfide) groups is 1. The Morgan fingerprint density at radius 3 is 2.86 bits per heavy atom. The number of ether oxygens (including phenoxy) is 2. The van der Waals surface area contributed by atoms with Crippen molar-refractivity contribution in [3.05, 3.63) is 35.8 Å². The predicted octanol–water partition coefficient (Wildman–Crippen LogP) is 2.66. The monoisotopic (exact) mass is 406 g/mol. The number of alkyl carbamates (subject to hydrolysis) is 1. The average molecular weight is 407 g/mol. The SMILES string of the molecule is CC(C)OC(=O)NC1=CCC(OCCN2CCSCC2)C(c2ccnn2C)=C1. The lowest BCUT2D eigenvalue weighted by Gasteiger charge is -2.28. The van der Waals surface area contributed by atoms with E-state index in [9.17, 15) is 4.79 Å². The Morgan fingerprint density at radius 2 is 2.18 bits per heavy atom. The zero-order valence-corrected chi connectivity index (χ0v) is 17.7. The van der Waals surface area contributed by atoms with Gasteiger partial charge in [0.25, 0.3) is 0 Å².